The predicted molar refractivity (Wildman–Crippen MR) is 126 cm³/mol. The molecule has 6 nitrogen and oxygen atoms in total. The van der Waals surface area contributed by atoms with Crippen molar-refractivity contribution in [2.75, 3.05) is 37.4 Å². The van der Waals surface area contributed by atoms with Crippen molar-refractivity contribution in [3.05, 3.63) is 83.6 Å². The van der Waals surface area contributed by atoms with Gasteiger partial charge in [-0.25, -0.2) is 4.98 Å². The molecule has 0 saturated carbocycles. The Bertz CT molecular complexity index is 1020. The lowest BCUT2D eigenvalue weighted by atomic mass is 10.1. The van der Waals surface area contributed by atoms with Gasteiger partial charge in [-0.1, -0.05) is 29.8 Å². The topological polar surface area (TPSA) is 68.7 Å². The van der Waals surface area contributed by atoms with Gasteiger partial charge in [0.15, 0.2) is 0 Å². The van der Waals surface area contributed by atoms with Crippen molar-refractivity contribution in [3.8, 4) is 5.75 Å². The second kappa shape index (κ2) is 10.6. The van der Waals surface area contributed by atoms with Crippen LogP contribution in [0.1, 0.15) is 27.9 Å². The Labute approximate surface area is 184 Å². The molecule has 31 heavy (non-hydrogen) atoms. The van der Waals surface area contributed by atoms with Gasteiger partial charge in [-0.05, 0) is 62.8 Å². The zero-order chi connectivity index (χ0) is 22.2. The Balaban J connectivity index is 1.50. The summed E-state index contributed by atoms with van der Waals surface area (Å²) < 4.78 is 0. The van der Waals surface area contributed by atoms with Crippen molar-refractivity contribution in [2.45, 2.75) is 19.9 Å². The number of carbonyl (C=O) groups excluding carboxylic acids is 1. The Morgan fingerprint density at radius 1 is 1.03 bits per heavy atom. The number of aromatic hydroxyl groups is 1. The molecule has 0 aliphatic carbocycles. The first-order chi connectivity index (χ1) is 14.9. The zero-order valence-corrected chi connectivity index (χ0v) is 18.4. The number of pyridine rings is 1. The van der Waals surface area contributed by atoms with Crippen LogP contribution in [0, 0.1) is 6.92 Å². The monoisotopic (exact) mass is 418 g/mol. The van der Waals surface area contributed by atoms with Gasteiger partial charge < -0.3 is 20.2 Å². The largest absolute Gasteiger partial charge is 0.508 e. The summed E-state index contributed by atoms with van der Waals surface area (Å²) in [6.07, 6.45) is 2.68. The molecule has 2 N–H and O–H groups in total. The first-order valence-corrected chi connectivity index (χ1v) is 10.4. The number of carbonyl (C=O) groups is 1. The van der Waals surface area contributed by atoms with E-state index in [1.807, 2.05) is 56.4 Å². The minimum absolute atomic E-state index is 0.128. The number of phenols is 1. The van der Waals surface area contributed by atoms with E-state index in [9.17, 15) is 9.90 Å². The Kier molecular flexibility index (Phi) is 7.62. The number of benzene rings is 2. The van der Waals surface area contributed by atoms with Crippen molar-refractivity contribution in [1.82, 2.24) is 9.88 Å². The highest BCUT2D eigenvalue weighted by molar-refractivity contribution is 6.04. The molecule has 1 aromatic heterocycles. The maximum Gasteiger partial charge on any atom is 0.255 e. The van der Waals surface area contributed by atoms with Gasteiger partial charge in [0, 0.05) is 43.7 Å². The molecule has 3 aromatic rings. The third-order valence-electron chi connectivity index (χ3n) is 5.07. The van der Waals surface area contributed by atoms with Gasteiger partial charge in [0.25, 0.3) is 5.91 Å². The number of aryl methyl sites for hydroxylation is 1. The number of nitrogens with one attached hydrogen (secondary N) is 1. The molecular weight excluding hydrogens is 388 g/mol. The molecular formula is C25H30N4O2. The van der Waals surface area contributed by atoms with Crippen LogP contribution in [0.4, 0.5) is 11.5 Å². The van der Waals surface area contributed by atoms with Gasteiger partial charge in [-0.2, -0.15) is 0 Å². The molecule has 0 saturated heterocycles. The van der Waals surface area contributed by atoms with Crippen LogP contribution in [0.2, 0.25) is 0 Å². The molecule has 6 heteroatoms. The molecule has 0 radical (unpaired) electrons. The highest BCUT2D eigenvalue weighted by atomic mass is 16.3. The van der Waals surface area contributed by atoms with E-state index >= 15 is 0 Å². The average molecular weight is 419 g/mol. The SMILES string of the molecule is Cc1cccc(C(=O)Nc2ccnc(N(C)CCCN(C)Cc3cccc(O)c3)c2)c1. The lowest BCUT2D eigenvalue weighted by molar-refractivity contribution is 0.102. The van der Waals surface area contributed by atoms with E-state index in [4.69, 9.17) is 0 Å². The first-order valence-electron chi connectivity index (χ1n) is 10.4. The summed E-state index contributed by atoms with van der Waals surface area (Å²) in [5.74, 6) is 0.987. The minimum Gasteiger partial charge on any atom is -0.508 e. The van der Waals surface area contributed by atoms with Crippen LogP contribution >= 0.6 is 0 Å². The lowest BCUT2D eigenvalue weighted by Gasteiger charge is -2.21. The molecule has 0 fully saturated rings. The van der Waals surface area contributed by atoms with Crippen molar-refractivity contribution < 1.29 is 9.90 Å². The van der Waals surface area contributed by atoms with Crippen LogP contribution in [-0.4, -0.2) is 48.1 Å². The molecule has 2 aromatic carbocycles. The van der Waals surface area contributed by atoms with Crippen LogP contribution in [-0.2, 0) is 6.54 Å². The molecule has 3 rings (SSSR count). The molecule has 0 atom stereocenters. The summed E-state index contributed by atoms with van der Waals surface area (Å²) in [6, 6.07) is 18.6. The van der Waals surface area contributed by atoms with E-state index < -0.39 is 0 Å². The first kappa shape index (κ1) is 22.3. The quantitative estimate of drug-likeness (QED) is 0.542. The molecule has 162 valence electrons. The number of nitrogens with zero attached hydrogens (tertiary/aromatic N) is 3. The molecule has 0 aliphatic rings. The van der Waals surface area contributed by atoms with Crippen LogP contribution < -0.4 is 10.2 Å². The molecule has 1 heterocycles. The van der Waals surface area contributed by atoms with Gasteiger partial charge >= 0.3 is 0 Å². The third kappa shape index (κ3) is 6.83. The number of amides is 1. The predicted octanol–water partition coefficient (Wildman–Crippen LogP) is 4.31. The van der Waals surface area contributed by atoms with E-state index in [2.05, 4.69) is 27.1 Å². The number of hydrogen-bond donors (Lipinski definition) is 2. The Morgan fingerprint density at radius 2 is 1.84 bits per heavy atom. The maximum absolute atomic E-state index is 12.5. The molecule has 1 amide bonds. The highest BCUT2D eigenvalue weighted by Gasteiger charge is 2.09. The number of aromatic nitrogens is 1. The van der Waals surface area contributed by atoms with E-state index in [1.165, 1.54) is 0 Å². The van der Waals surface area contributed by atoms with E-state index in [-0.39, 0.29) is 5.91 Å². The van der Waals surface area contributed by atoms with Gasteiger partial charge in [-0.15, -0.1) is 0 Å². The molecule has 0 spiro atoms. The molecule has 0 aliphatic heterocycles. The van der Waals surface area contributed by atoms with Crippen LogP contribution in [0.3, 0.4) is 0 Å². The lowest BCUT2D eigenvalue weighted by Crippen LogP contribution is -2.26. The summed E-state index contributed by atoms with van der Waals surface area (Å²) >= 11 is 0. The van der Waals surface area contributed by atoms with Gasteiger partial charge in [0.2, 0.25) is 0 Å². The Hall–Kier alpha value is -3.38. The van der Waals surface area contributed by atoms with Gasteiger partial charge in [-0.3, -0.25) is 4.79 Å². The number of hydrogen-bond acceptors (Lipinski definition) is 5. The van der Waals surface area contributed by atoms with E-state index in [1.54, 1.807) is 24.4 Å². The summed E-state index contributed by atoms with van der Waals surface area (Å²) in [6.45, 7) is 4.52. The highest BCUT2D eigenvalue weighted by Crippen LogP contribution is 2.17. The van der Waals surface area contributed by atoms with E-state index in [0.717, 1.165) is 48.7 Å². The number of rotatable bonds is 9. The summed E-state index contributed by atoms with van der Waals surface area (Å²) in [4.78, 5) is 21.3. The maximum atomic E-state index is 12.5. The summed E-state index contributed by atoms with van der Waals surface area (Å²) in [7, 11) is 4.08. The minimum atomic E-state index is -0.128. The van der Waals surface area contributed by atoms with Crippen LogP contribution in [0.15, 0.2) is 66.9 Å². The van der Waals surface area contributed by atoms with Gasteiger partial charge in [0.05, 0.1) is 0 Å². The summed E-state index contributed by atoms with van der Waals surface area (Å²) in [5, 5.41) is 12.5. The van der Waals surface area contributed by atoms with Crippen molar-refractivity contribution >= 4 is 17.4 Å². The van der Waals surface area contributed by atoms with Crippen molar-refractivity contribution in [3.63, 3.8) is 0 Å². The van der Waals surface area contributed by atoms with Crippen molar-refractivity contribution in [2.24, 2.45) is 0 Å². The summed E-state index contributed by atoms with van der Waals surface area (Å²) in [5.41, 5.74) is 3.51. The third-order valence-corrected chi connectivity index (χ3v) is 5.07. The normalized spacial score (nSPS) is 10.8. The number of phenolic OH excluding ortho intramolecular Hbond substituents is 1. The van der Waals surface area contributed by atoms with Crippen molar-refractivity contribution in [1.29, 1.82) is 0 Å². The van der Waals surface area contributed by atoms with Gasteiger partial charge in [0.1, 0.15) is 11.6 Å². The number of anilines is 2. The standard InChI is InChI=1S/C25H30N4O2/c1-19-7-4-9-21(15-19)25(31)27-22-11-12-26-24(17-22)29(3)14-6-13-28(2)18-20-8-5-10-23(30)16-20/h4-5,7-12,15-17,30H,6,13-14,18H2,1-3H3,(H,26,27,31). The second-order valence-corrected chi connectivity index (χ2v) is 7.91. The fraction of sp³-hybridized carbons (Fsp3) is 0.280. The smallest absolute Gasteiger partial charge is 0.255 e. The van der Waals surface area contributed by atoms with Crippen LogP contribution in [0.25, 0.3) is 0 Å². The Morgan fingerprint density at radius 3 is 2.61 bits per heavy atom. The van der Waals surface area contributed by atoms with Crippen LogP contribution in [0.5, 0.6) is 5.75 Å². The fourth-order valence-electron chi connectivity index (χ4n) is 3.43. The molecule has 0 unspecified atom stereocenters. The van der Waals surface area contributed by atoms with E-state index in [0.29, 0.717) is 11.3 Å². The fourth-order valence-corrected chi connectivity index (χ4v) is 3.43. The molecule has 0 bridgehead atoms. The zero-order valence-electron chi connectivity index (χ0n) is 18.4. The average Bonchev–Trinajstić information content (AvgIpc) is 2.74. The second-order valence-electron chi connectivity index (χ2n) is 7.91.